The number of nitrogens with zero attached hydrogens (tertiary/aromatic N) is 1. The first-order chi connectivity index (χ1) is 11.7. The van der Waals surface area contributed by atoms with E-state index in [0.717, 1.165) is 50.0 Å². The maximum absolute atomic E-state index is 5.51. The van der Waals surface area contributed by atoms with Crippen LogP contribution in [-0.2, 0) is 11.3 Å². The molecule has 1 saturated carbocycles. The van der Waals surface area contributed by atoms with E-state index in [2.05, 4.69) is 23.6 Å². The van der Waals surface area contributed by atoms with Crippen LogP contribution in [0.4, 0.5) is 0 Å². The zero-order valence-electron chi connectivity index (χ0n) is 15.2. The molecule has 0 aliphatic heterocycles. The summed E-state index contributed by atoms with van der Waals surface area (Å²) < 4.78 is 10.9. The molecular weight excluding hydrogens is 302 g/mol. The van der Waals surface area contributed by atoms with Crippen LogP contribution in [0.25, 0.3) is 0 Å². The van der Waals surface area contributed by atoms with Crippen molar-refractivity contribution in [2.45, 2.75) is 39.7 Å². The summed E-state index contributed by atoms with van der Waals surface area (Å²) in [6.45, 7) is 8.19. The standard InChI is InChI=1S/C19H31N3O2/c1-4-20-18(21-14-16-8-6-7-9-17(16)23-3)22-15-19(10-11-19)12-13-24-5-2/h6-9H,4-5,10-15H2,1-3H3,(H2,20,21,22). The van der Waals surface area contributed by atoms with Crippen LogP contribution in [0.1, 0.15) is 38.7 Å². The number of benzene rings is 1. The Kier molecular flexibility index (Phi) is 7.37. The molecular formula is C19H31N3O2. The molecule has 0 saturated heterocycles. The number of hydrogen-bond acceptors (Lipinski definition) is 3. The number of guanidine groups is 1. The summed E-state index contributed by atoms with van der Waals surface area (Å²) in [5.41, 5.74) is 1.49. The number of ether oxygens (including phenoxy) is 2. The highest BCUT2D eigenvalue weighted by Crippen LogP contribution is 2.48. The number of hydrogen-bond donors (Lipinski definition) is 2. The minimum absolute atomic E-state index is 0.399. The van der Waals surface area contributed by atoms with Gasteiger partial charge in [-0.25, -0.2) is 4.99 Å². The molecule has 0 bridgehead atoms. The van der Waals surface area contributed by atoms with Gasteiger partial charge in [-0.2, -0.15) is 0 Å². The third kappa shape index (κ3) is 5.71. The van der Waals surface area contributed by atoms with Gasteiger partial charge in [0.1, 0.15) is 5.75 Å². The van der Waals surface area contributed by atoms with Crippen LogP contribution in [0.2, 0.25) is 0 Å². The Morgan fingerprint density at radius 3 is 2.67 bits per heavy atom. The topological polar surface area (TPSA) is 54.9 Å². The van der Waals surface area contributed by atoms with E-state index < -0.39 is 0 Å². The lowest BCUT2D eigenvalue weighted by Crippen LogP contribution is -2.40. The summed E-state index contributed by atoms with van der Waals surface area (Å²) in [7, 11) is 1.70. The van der Waals surface area contributed by atoms with Crippen LogP contribution < -0.4 is 15.4 Å². The molecule has 2 rings (SSSR count). The first-order valence-corrected chi connectivity index (χ1v) is 8.95. The number of aliphatic imine (C=N–C) groups is 1. The quantitative estimate of drug-likeness (QED) is 0.393. The Bertz CT molecular complexity index is 527. The second kappa shape index (κ2) is 9.52. The minimum Gasteiger partial charge on any atom is -0.496 e. The molecule has 0 unspecified atom stereocenters. The van der Waals surface area contributed by atoms with Gasteiger partial charge < -0.3 is 20.1 Å². The summed E-state index contributed by atoms with van der Waals surface area (Å²) in [5.74, 6) is 1.75. The summed E-state index contributed by atoms with van der Waals surface area (Å²) in [6.07, 6.45) is 3.68. The maximum atomic E-state index is 5.51. The molecule has 1 aliphatic carbocycles. The first kappa shape index (κ1) is 18.6. The van der Waals surface area contributed by atoms with E-state index in [4.69, 9.17) is 14.5 Å². The van der Waals surface area contributed by atoms with Crippen molar-refractivity contribution in [2.24, 2.45) is 10.4 Å². The molecule has 1 aromatic carbocycles. The van der Waals surface area contributed by atoms with E-state index >= 15 is 0 Å². The van der Waals surface area contributed by atoms with Gasteiger partial charge in [0.05, 0.1) is 13.7 Å². The van der Waals surface area contributed by atoms with Crippen molar-refractivity contribution in [3.05, 3.63) is 29.8 Å². The van der Waals surface area contributed by atoms with Gasteiger partial charge >= 0.3 is 0 Å². The summed E-state index contributed by atoms with van der Waals surface area (Å²) in [4.78, 5) is 4.70. The van der Waals surface area contributed by atoms with Gasteiger partial charge in [-0.15, -0.1) is 0 Å². The molecule has 0 spiro atoms. The molecule has 24 heavy (non-hydrogen) atoms. The lowest BCUT2D eigenvalue weighted by atomic mass is 10.0. The summed E-state index contributed by atoms with van der Waals surface area (Å²) in [5, 5.41) is 6.83. The lowest BCUT2D eigenvalue weighted by molar-refractivity contribution is 0.128. The number of rotatable bonds is 10. The van der Waals surface area contributed by atoms with E-state index in [9.17, 15) is 0 Å². The van der Waals surface area contributed by atoms with E-state index in [-0.39, 0.29) is 0 Å². The van der Waals surface area contributed by atoms with Crippen LogP contribution >= 0.6 is 0 Å². The van der Waals surface area contributed by atoms with E-state index in [1.807, 2.05) is 25.1 Å². The van der Waals surface area contributed by atoms with Crippen molar-refractivity contribution in [3.63, 3.8) is 0 Å². The van der Waals surface area contributed by atoms with E-state index in [0.29, 0.717) is 12.0 Å². The van der Waals surface area contributed by atoms with Crippen molar-refractivity contribution >= 4 is 5.96 Å². The maximum Gasteiger partial charge on any atom is 0.191 e. The van der Waals surface area contributed by atoms with Crippen molar-refractivity contribution in [3.8, 4) is 5.75 Å². The molecule has 1 aromatic rings. The molecule has 2 N–H and O–H groups in total. The van der Waals surface area contributed by atoms with Gasteiger partial charge in [-0.1, -0.05) is 18.2 Å². The fraction of sp³-hybridized carbons (Fsp3) is 0.632. The molecule has 0 amide bonds. The molecule has 0 aromatic heterocycles. The van der Waals surface area contributed by atoms with E-state index in [1.165, 1.54) is 12.8 Å². The molecule has 1 fully saturated rings. The first-order valence-electron chi connectivity index (χ1n) is 8.95. The third-order valence-electron chi connectivity index (χ3n) is 4.51. The Labute approximate surface area is 145 Å². The van der Waals surface area contributed by atoms with E-state index in [1.54, 1.807) is 7.11 Å². The molecule has 5 nitrogen and oxygen atoms in total. The van der Waals surface area contributed by atoms with Gasteiger partial charge in [0, 0.05) is 31.9 Å². The Morgan fingerprint density at radius 1 is 1.21 bits per heavy atom. The second-order valence-electron chi connectivity index (χ2n) is 6.31. The zero-order chi connectivity index (χ0) is 17.3. The summed E-state index contributed by atoms with van der Waals surface area (Å²) in [6, 6.07) is 8.01. The third-order valence-corrected chi connectivity index (χ3v) is 4.51. The fourth-order valence-corrected chi connectivity index (χ4v) is 2.74. The van der Waals surface area contributed by atoms with Gasteiger partial charge in [-0.3, -0.25) is 0 Å². The van der Waals surface area contributed by atoms with Gasteiger partial charge in [-0.05, 0) is 44.6 Å². The van der Waals surface area contributed by atoms with Crippen LogP contribution in [0.3, 0.4) is 0 Å². The van der Waals surface area contributed by atoms with Gasteiger partial charge in [0.15, 0.2) is 5.96 Å². The number of para-hydroxylation sites is 1. The summed E-state index contributed by atoms with van der Waals surface area (Å²) >= 11 is 0. The lowest BCUT2D eigenvalue weighted by Gasteiger charge is -2.18. The average Bonchev–Trinajstić information content (AvgIpc) is 3.38. The smallest absolute Gasteiger partial charge is 0.191 e. The molecule has 0 radical (unpaired) electrons. The predicted octanol–water partition coefficient (Wildman–Crippen LogP) is 2.96. The van der Waals surface area contributed by atoms with Crippen LogP contribution in [0.15, 0.2) is 29.3 Å². The molecule has 0 heterocycles. The van der Waals surface area contributed by atoms with Crippen LogP contribution in [0.5, 0.6) is 5.75 Å². The highest BCUT2D eigenvalue weighted by Gasteiger charge is 2.41. The second-order valence-corrected chi connectivity index (χ2v) is 6.31. The van der Waals surface area contributed by atoms with Crippen LogP contribution in [0, 0.1) is 5.41 Å². The van der Waals surface area contributed by atoms with Gasteiger partial charge in [0.2, 0.25) is 0 Å². The number of methoxy groups -OCH3 is 1. The Balaban J connectivity index is 1.89. The molecule has 5 heteroatoms. The van der Waals surface area contributed by atoms with Gasteiger partial charge in [0.25, 0.3) is 0 Å². The van der Waals surface area contributed by atoms with Crippen molar-refractivity contribution in [1.29, 1.82) is 0 Å². The molecule has 1 aliphatic rings. The predicted molar refractivity (Wildman–Crippen MR) is 98.6 cm³/mol. The number of nitrogens with one attached hydrogen (secondary N) is 2. The SMILES string of the molecule is CCNC(=NCc1ccccc1OC)NCC1(CCOCC)CC1. The normalized spacial score (nSPS) is 15.9. The zero-order valence-corrected chi connectivity index (χ0v) is 15.2. The monoisotopic (exact) mass is 333 g/mol. The van der Waals surface area contributed by atoms with Crippen molar-refractivity contribution in [2.75, 3.05) is 33.4 Å². The minimum atomic E-state index is 0.399. The fourth-order valence-electron chi connectivity index (χ4n) is 2.74. The molecule has 134 valence electrons. The average molecular weight is 333 g/mol. The van der Waals surface area contributed by atoms with Crippen LogP contribution in [-0.4, -0.2) is 39.4 Å². The Morgan fingerprint density at radius 2 is 2.00 bits per heavy atom. The van der Waals surface area contributed by atoms with Crippen molar-refractivity contribution < 1.29 is 9.47 Å². The highest BCUT2D eigenvalue weighted by atomic mass is 16.5. The highest BCUT2D eigenvalue weighted by molar-refractivity contribution is 5.79. The largest absolute Gasteiger partial charge is 0.496 e. The Hall–Kier alpha value is -1.75. The molecule has 0 atom stereocenters. The van der Waals surface area contributed by atoms with Crippen molar-refractivity contribution in [1.82, 2.24) is 10.6 Å².